The topological polar surface area (TPSA) is 29.1 Å². The molecule has 0 saturated heterocycles. The highest BCUT2D eigenvalue weighted by Gasteiger charge is 2.14. The maximum atomic E-state index is 12.3. The van der Waals surface area contributed by atoms with E-state index < -0.39 is 0 Å². The van der Waals surface area contributed by atoms with Gasteiger partial charge in [0.15, 0.2) is 0 Å². The van der Waals surface area contributed by atoms with Crippen molar-refractivity contribution in [2.45, 2.75) is 19.8 Å². The molecule has 2 rings (SSSR count). The minimum Gasteiger partial charge on any atom is -0.322 e. The lowest BCUT2D eigenvalue weighted by atomic mass is 10.0. The van der Waals surface area contributed by atoms with Crippen LogP contribution < -0.4 is 5.32 Å². The molecule has 0 spiro atoms. The van der Waals surface area contributed by atoms with Gasteiger partial charge in [-0.3, -0.25) is 4.79 Å². The van der Waals surface area contributed by atoms with Gasteiger partial charge in [0.25, 0.3) is 5.91 Å². The van der Waals surface area contributed by atoms with Crippen LogP contribution in [0.25, 0.3) is 0 Å². The first-order valence-corrected chi connectivity index (χ1v) is 7.03. The van der Waals surface area contributed by atoms with E-state index in [1.807, 2.05) is 48.5 Å². The molecule has 0 atom stereocenters. The molecule has 2 nitrogen and oxygen atoms in total. The number of anilines is 1. The summed E-state index contributed by atoms with van der Waals surface area (Å²) in [4.78, 5) is 12.3. The normalized spacial score (nSPS) is 10.5. The van der Waals surface area contributed by atoms with Gasteiger partial charge in [0.2, 0.25) is 0 Å². The van der Waals surface area contributed by atoms with E-state index in [1.54, 1.807) is 0 Å². The largest absolute Gasteiger partial charge is 0.322 e. The van der Waals surface area contributed by atoms with Crippen LogP contribution in [0.2, 0.25) is 0 Å². The SMILES string of the molecule is CC(C)c1cccc(C(=O)Nc2ccccc2)c1Br. The first-order valence-electron chi connectivity index (χ1n) is 6.24. The number of amides is 1. The van der Waals surface area contributed by atoms with E-state index in [-0.39, 0.29) is 5.91 Å². The van der Waals surface area contributed by atoms with Gasteiger partial charge in [-0.15, -0.1) is 0 Å². The average molecular weight is 318 g/mol. The molecule has 0 fully saturated rings. The van der Waals surface area contributed by atoms with Crippen molar-refractivity contribution in [3.05, 3.63) is 64.1 Å². The molecule has 98 valence electrons. The van der Waals surface area contributed by atoms with E-state index in [0.717, 1.165) is 15.7 Å². The van der Waals surface area contributed by atoms with Gasteiger partial charge in [-0.2, -0.15) is 0 Å². The van der Waals surface area contributed by atoms with Crippen LogP contribution in [0.3, 0.4) is 0 Å². The fourth-order valence-electron chi connectivity index (χ4n) is 1.89. The number of rotatable bonds is 3. The maximum Gasteiger partial charge on any atom is 0.256 e. The van der Waals surface area contributed by atoms with Crippen LogP contribution in [-0.2, 0) is 0 Å². The quantitative estimate of drug-likeness (QED) is 0.863. The predicted molar refractivity (Wildman–Crippen MR) is 82.6 cm³/mol. The number of hydrogen-bond donors (Lipinski definition) is 1. The molecule has 2 aromatic carbocycles. The molecular formula is C16H16BrNO. The zero-order valence-electron chi connectivity index (χ0n) is 11.0. The van der Waals surface area contributed by atoms with Crippen LogP contribution >= 0.6 is 15.9 Å². The molecular weight excluding hydrogens is 302 g/mol. The number of hydrogen-bond acceptors (Lipinski definition) is 1. The average Bonchev–Trinajstić information content (AvgIpc) is 2.39. The van der Waals surface area contributed by atoms with E-state index in [0.29, 0.717) is 11.5 Å². The molecule has 0 radical (unpaired) electrons. The molecule has 0 aliphatic rings. The van der Waals surface area contributed by atoms with Crippen molar-refractivity contribution in [3.63, 3.8) is 0 Å². The summed E-state index contributed by atoms with van der Waals surface area (Å²) in [6, 6.07) is 15.2. The van der Waals surface area contributed by atoms with Gasteiger partial charge in [0.1, 0.15) is 0 Å². The summed E-state index contributed by atoms with van der Waals surface area (Å²) in [5.41, 5.74) is 2.60. The molecule has 0 aliphatic heterocycles. The van der Waals surface area contributed by atoms with Crippen LogP contribution in [0.5, 0.6) is 0 Å². The van der Waals surface area contributed by atoms with E-state index in [4.69, 9.17) is 0 Å². The zero-order chi connectivity index (χ0) is 13.8. The van der Waals surface area contributed by atoms with E-state index in [1.165, 1.54) is 0 Å². The summed E-state index contributed by atoms with van der Waals surface area (Å²) in [5, 5.41) is 2.90. The minimum atomic E-state index is -0.0967. The van der Waals surface area contributed by atoms with Gasteiger partial charge in [-0.25, -0.2) is 0 Å². The Labute approximate surface area is 122 Å². The van der Waals surface area contributed by atoms with Crippen molar-refractivity contribution in [3.8, 4) is 0 Å². The molecule has 0 aliphatic carbocycles. The molecule has 0 aromatic heterocycles. The van der Waals surface area contributed by atoms with Crippen LogP contribution in [0.15, 0.2) is 53.0 Å². The number of halogens is 1. The lowest BCUT2D eigenvalue weighted by Crippen LogP contribution is -2.13. The summed E-state index contributed by atoms with van der Waals surface area (Å²) in [6.07, 6.45) is 0. The number of carbonyl (C=O) groups excluding carboxylic acids is 1. The molecule has 19 heavy (non-hydrogen) atoms. The Bertz CT molecular complexity index is 579. The zero-order valence-corrected chi connectivity index (χ0v) is 12.6. The fourth-order valence-corrected chi connectivity index (χ4v) is 2.79. The summed E-state index contributed by atoms with van der Waals surface area (Å²) in [5.74, 6) is 0.277. The Hall–Kier alpha value is -1.61. The molecule has 1 amide bonds. The van der Waals surface area contributed by atoms with Gasteiger partial charge in [0, 0.05) is 10.2 Å². The Balaban J connectivity index is 2.27. The molecule has 1 N–H and O–H groups in total. The highest BCUT2D eigenvalue weighted by Crippen LogP contribution is 2.28. The summed E-state index contributed by atoms with van der Waals surface area (Å²) < 4.78 is 0.874. The number of benzene rings is 2. The standard InChI is InChI=1S/C16H16BrNO/c1-11(2)13-9-6-10-14(15(13)17)16(19)18-12-7-4-3-5-8-12/h3-11H,1-2H3,(H,18,19). The molecule has 0 bridgehead atoms. The van der Waals surface area contributed by atoms with Crippen molar-refractivity contribution in [2.75, 3.05) is 5.32 Å². The van der Waals surface area contributed by atoms with Crippen LogP contribution in [-0.4, -0.2) is 5.91 Å². The monoisotopic (exact) mass is 317 g/mol. The van der Waals surface area contributed by atoms with Crippen LogP contribution in [0.1, 0.15) is 35.7 Å². The minimum absolute atomic E-state index is 0.0967. The number of para-hydroxylation sites is 1. The Kier molecular flexibility index (Phi) is 4.38. The molecule has 3 heteroatoms. The first-order chi connectivity index (χ1) is 9.09. The highest BCUT2D eigenvalue weighted by atomic mass is 79.9. The Morgan fingerprint density at radius 2 is 1.74 bits per heavy atom. The van der Waals surface area contributed by atoms with Crippen molar-refractivity contribution >= 4 is 27.5 Å². The van der Waals surface area contributed by atoms with Crippen molar-refractivity contribution in [1.29, 1.82) is 0 Å². The van der Waals surface area contributed by atoms with Gasteiger partial charge < -0.3 is 5.32 Å². The van der Waals surface area contributed by atoms with E-state index in [9.17, 15) is 4.79 Å². The van der Waals surface area contributed by atoms with E-state index >= 15 is 0 Å². The van der Waals surface area contributed by atoms with Crippen molar-refractivity contribution < 1.29 is 4.79 Å². The summed E-state index contributed by atoms with van der Waals surface area (Å²) in [6.45, 7) is 4.22. The second-order valence-electron chi connectivity index (χ2n) is 4.68. The van der Waals surface area contributed by atoms with Crippen molar-refractivity contribution in [2.24, 2.45) is 0 Å². The van der Waals surface area contributed by atoms with Gasteiger partial charge in [-0.05, 0) is 45.6 Å². The van der Waals surface area contributed by atoms with Crippen LogP contribution in [0, 0.1) is 0 Å². The number of carbonyl (C=O) groups is 1. The molecule has 2 aromatic rings. The van der Waals surface area contributed by atoms with Gasteiger partial charge in [0.05, 0.1) is 5.56 Å². The Morgan fingerprint density at radius 3 is 2.37 bits per heavy atom. The van der Waals surface area contributed by atoms with Crippen LogP contribution in [0.4, 0.5) is 5.69 Å². The molecule has 0 unspecified atom stereocenters. The van der Waals surface area contributed by atoms with Crippen molar-refractivity contribution in [1.82, 2.24) is 0 Å². The Morgan fingerprint density at radius 1 is 1.05 bits per heavy atom. The van der Waals surface area contributed by atoms with Gasteiger partial charge >= 0.3 is 0 Å². The lowest BCUT2D eigenvalue weighted by Gasteiger charge is -2.12. The third kappa shape index (κ3) is 3.24. The lowest BCUT2D eigenvalue weighted by molar-refractivity contribution is 0.102. The predicted octanol–water partition coefficient (Wildman–Crippen LogP) is 4.82. The number of nitrogens with one attached hydrogen (secondary N) is 1. The first kappa shape index (κ1) is 13.8. The smallest absolute Gasteiger partial charge is 0.256 e. The third-order valence-electron chi connectivity index (χ3n) is 2.93. The molecule has 0 saturated carbocycles. The third-order valence-corrected chi connectivity index (χ3v) is 3.81. The highest BCUT2D eigenvalue weighted by molar-refractivity contribution is 9.10. The fraction of sp³-hybridized carbons (Fsp3) is 0.188. The molecule has 0 heterocycles. The van der Waals surface area contributed by atoms with E-state index in [2.05, 4.69) is 35.1 Å². The maximum absolute atomic E-state index is 12.3. The second kappa shape index (κ2) is 6.02. The summed E-state index contributed by atoms with van der Waals surface area (Å²) >= 11 is 3.53. The second-order valence-corrected chi connectivity index (χ2v) is 5.48. The summed E-state index contributed by atoms with van der Waals surface area (Å²) in [7, 11) is 0. The van der Waals surface area contributed by atoms with Gasteiger partial charge in [-0.1, -0.05) is 44.2 Å².